The van der Waals surface area contributed by atoms with Crippen molar-refractivity contribution in [3.05, 3.63) is 77.0 Å². The third kappa shape index (κ3) is 4.12. The molecule has 0 aliphatic heterocycles. The van der Waals surface area contributed by atoms with E-state index in [1.54, 1.807) is 24.3 Å². The van der Waals surface area contributed by atoms with E-state index in [2.05, 4.69) is 20.6 Å². The van der Waals surface area contributed by atoms with Gasteiger partial charge in [0.05, 0.1) is 16.7 Å². The molecule has 0 radical (unpaired) electrons. The molecule has 1 aromatic heterocycles. The smallest absolute Gasteiger partial charge is 0.274 e. The minimum atomic E-state index is -0.528. The molecule has 3 rings (SSSR count). The van der Waals surface area contributed by atoms with Crippen LogP contribution in [0.2, 0.25) is 5.02 Å². The molecule has 3 aromatic rings. The fourth-order valence-corrected chi connectivity index (χ4v) is 2.31. The largest absolute Gasteiger partial charge is 0.340 e. The predicted molar refractivity (Wildman–Crippen MR) is 95.8 cm³/mol. The summed E-state index contributed by atoms with van der Waals surface area (Å²) in [6.07, 6.45) is 1.23. The molecule has 0 saturated carbocycles. The fraction of sp³-hybridized carbons (Fsp3) is 0. The number of anilines is 3. The number of nitriles is 1. The molecular formula is C18H11ClFN5O. The normalized spacial score (nSPS) is 10.0. The van der Waals surface area contributed by atoms with Gasteiger partial charge >= 0.3 is 0 Å². The number of carbonyl (C=O) groups is 1. The zero-order valence-electron chi connectivity index (χ0n) is 13.2. The van der Waals surface area contributed by atoms with Gasteiger partial charge in [-0.15, -0.1) is 0 Å². The van der Waals surface area contributed by atoms with Crippen LogP contribution in [0.3, 0.4) is 0 Å². The highest BCUT2D eigenvalue weighted by Crippen LogP contribution is 2.22. The van der Waals surface area contributed by atoms with Crippen LogP contribution in [0.5, 0.6) is 0 Å². The quantitative estimate of drug-likeness (QED) is 0.723. The summed E-state index contributed by atoms with van der Waals surface area (Å²) in [5, 5.41) is 14.5. The molecule has 0 saturated heterocycles. The van der Waals surface area contributed by atoms with Crippen LogP contribution in [0.25, 0.3) is 0 Å². The second kappa shape index (κ2) is 7.59. The SMILES string of the molecule is N#Cc1cccc(NC(=O)c2cc(Nc3ccc(F)c(Cl)c3)ncn2)c1. The van der Waals surface area contributed by atoms with Crippen molar-refractivity contribution in [1.82, 2.24) is 9.97 Å². The average Bonchev–Trinajstić information content (AvgIpc) is 2.65. The zero-order valence-corrected chi connectivity index (χ0v) is 14.0. The van der Waals surface area contributed by atoms with Gasteiger partial charge in [-0.3, -0.25) is 4.79 Å². The number of hydrogen-bond acceptors (Lipinski definition) is 5. The average molecular weight is 368 g/mol. The lowest BCUT2D eigenvalue weighted by Crippen LogP contribution is -2.14. The van der Waals surface area contributed by atoms with E-state index in [0.717, 1.165) is 0 Å². The minimum absolute atomic E-state index is 0.0283. The molecule has 0 bridgehead atoms. The first kappa shape index (κ1) is 17.3. The van der Waals surface area contributed by atoms with Crippen LogP contribution in [0, 0.1) is 17.1 Å². The molecule has 0 aliphatic rings. The van der Waals surface area contributed by atoms with Crippen molar-refractivity contribution in [2.75, 3.05) is 10.6 Å². The summed E-state index contributed by atoms with van der Waals surface area (Å²) in [7, 11) is 0. The molecule has 6 nitrogen and oxygen atoms in total. The number of aromatic nitrogens is 2. The highest BCUT2D eigenvalue weighted by atomic mass is 35.5. The summed E-state index contributed by atoms with van der Waals surface area (Å²) in [5.74, 6) is -0.638. The van der Waals surface area contributed by atoms with Gasteiger partial charge in [0.25, 0.3) is 5.91 Å². The molecule has 2 N–H and O–H groups in total. The number of rotatable bonds is 4. The maximum atomic E-state index is 13.2. The second-order valence-electron chi connectivity index (χ2n) is 5.19. The highest BCUT2D eigenvalue weighted by molar-refractivity contribution is 6.31. The van der Waals surface area contributed by atoms with Crippen molar-refractivity contribution in [1.29, 1.82) is 5.26 Å². The lowest BCUT2D eigenvalue weighted by molar-refractivity contribution is 0.102. The molecule has 2 aromatic carbocycles. The van der Waals surface area contributed by atoms with Crippen LogP contribution in [-0.2, 0) is 0 Å². The molecule has 0 fully saturated rings. The summed E-state index contributed by atoms with van der Waals surface area (Å²) < 4.78 is 13.2. The number of hydrogen-bond donors (Lipinski definition) is 2. The van der Waals surface area contributed by atoms with Crippen LogP contribution in [0.4, 0.5) is 21.6 Å². The molecule has 0 atom stereocenters. The minimum Gasteiger partial charge on any atom is -0.340 e. The number of nitrogens with zero attached hydrogens (tertiary/aromatic N) is 3. The maximum absolute atomic E-state index is 13.2. The van der Waals surface area contributed by atoms with E-state index in [-0.39, 0.29) is 10.7 Å². The molecule has 1 heterocycles. The van der Waals surface area contributed by atoms with Gasteiger partial charge in [-0.1, -0.05) is 17.7 Å². The lowest BCUT2D eigenvalue weighted by Gasteiger charge is -2.08. The molecule has 128 valence electrons. The summed E-state index contributed by atoms with van der Waals surface area (Å²) >= 11 is 5.74. The molecule has 26 heavy (non-hydrogen) atoms. The zero-order chi connectivity index (χ0) is 18.5. The first-order chi connectivity index (χ1) is 12.5. The summed E-state index contributed by atoms with van der Waals surface area (Å²) in [6.45, 7) is 0. The Morgan fingerprint density at radius 1 is 1.12 bits per heavy atom. The maximum Gasteiger partial charge on any atom is 0.274 e. The Labute approximate surface area is 153 Å². The topological polar surface area (TPSA) is 90.7 Å². The Bertz CT molecular complexity index is 1020. The van der Waals surface area contributed by atoms with Gasteiger partial charge in [-0.2, -0.15) is 5.26 Å². The number of nitrogens with one attached hydrogen (secondary N) is 2. The van der Waals surface area contributed by atoms with E-state index in [1.165, 1.54) is 30.6 Å². The van der Waals surface area contributed by atoms with Gasteiger partial charge in [0.2, 0.25) is 0 Å². The van der Waals surface area contributed by atoms with Crippen LogP contribution in [0.15, 0.2) is 54.9 Å². The first-order valence-corrected chi connectivity index (χ1v) is 7.78. The third-order valence-corrected chi connectivity index (χ3v) is 3.63. The standard InChI is InChI=1S/C18H11ClFN5O/c19-14-7-13(4-5-15(14)20)24-17-8-16(22-10-23-17)18(26)25-12-3-1-2-11(6-12)9-21/h1-8,10H,(H,25,26)(H,22,23,24). The van der Waals surface area contributed by atoms with Crippen LogP contribution >= 0.6 is 11.6 Å². The van der Waals surface area contributed by atoms with Crippen molar-refractivity contribution in [3.8, 4) is 6.07 Å². The summed E-state index contributed by atoms with van der Waals surface area (Å²) in [6, 6.07) is 14.1. The van der Waals surface area contributed by atoms with Gasteiger partial charge in [-0.05, 0) is 36.4 Å². The van der Waals surface area contributed by atoms with Crippen molar-refractivity contribution in [2.45, 2.75) is 0 Å². The van der Waals surface area contributed by atoms with Crippen LogP contribution < -0.4 is 10.6 Å². The van der Waals surface area contributed by atoms with E-state index < -0.39 is 11.7 Å². The Morgan fingerprint density at radius 2 is 1.96 bits per heavy atom. The Hall–Kier alpha value is -3.50. The Kier molecular flexibility index (Phi) is 5.06. The monoisotopic (exact) mass is 367 g/mol. The Morgan fingerprint density at radius 3 is 2.73 bits per heavy atom. The summed E-state index contributed by atoms with van der Waals surface area (Å²) in [4.78, 5) is 20.3. The summed E-state index contributed by atoms with van der Waals surface area (Å²) in [5.41, 5.74) is 1.55. The molecular weight excluding hydrogens is 357 g/mol. The van der Waals surface area contributed by atoms with E-state index in [9.17, 15) is 9.18 Å². The van der Waals surface area contributed by atoms with Crippen molar-refractivity contribution >= 4 is 34.7 Å². The number of amides is 1. The van der Waals surface area contributed by atoms with Crippen molar-refractivity contribution in [3.63, 3.8) is 0 Å². The first-order valence-electron chi connectivity index (χ1n) is 7.41. The Balaban J connectivity index is 1.76. The van der Waals surface area contributed by atoms with E-state index in [4.69, 9.17) is 16.9 Å². The van der Waals surface area contributed by atoms with Crippen LogP contribution in [0.1, 0.15) is 16.1 Å². The molecule has 1 amide bonds. The van der Waals surface area contributed by atoms with E-state index in [1.807, 2.05) is 6.07 Å². The number of carbonyl (C=O) groups excluding carboxylic acids is 1. The van der Waals surface area contributed by atoms with Gasteiger partial charge in [0, 0.05) is 17.4 Å². The molecule has 0 aliphatic carbocycles. The second-order valence-corrected chi connectivity index (χ2v) is 5.60. The van der Waals surface area contributed by atoms with Gasteiger partial charge in [0.1, 0.15) is 23.7 Å². The van der Waals surface area contributed by atoms with Crippen molar-refractivity contribution in [2.24, 2.45) is 0 Å². The fourth-order valence-electron chi connectivity index (χ4n) is 2.13. The van der Waals surface area contributed by atoms with Crippen LogP contribution in [-0.4, -0.2) is 15.9 Å². The van der Waals surface area contributed by atoms with Gasteiger partial charge in [0.15, 0.2) is 0 Å². The van der Waals surface area contributed by atoms with Gasteiger partial charge < -0.3 is 10.6 Å². The van der Waals surface area contributed by atoms with E-state index >= 15 is 0 Å². The number of benzene rings is 2. The predicted octanol–water partition coefficient (Wildman–Crippen LogP) is 4.14. The molecule has 0 unspecified atom stereocenters. The molecule has 0 spiro atoms. The molecule has 8 heteroatoms. The number of halogens is 2. The van der Waals surface area contributed by atoms with Crippen molar-refractivity contribution < 1.29 is 9.18 Å². The third-order valence-electron chi connectivity index (χ3n) is 3.34. The lowest BCUT2D eigenvalue weighted by atomic mass is 10.2. The van der Waals surface area contributed by atoms with E-state index in [0.29, 0.717) is 22.8 Å². The van der Waals surface area contributed by atoms with Gasteiger partial charge in [-0.25, -0.2) is 14.4 Å². The highest BCUT2D eigenvalue weighted by Gasteiger charge is 2.10.